The second-order valence-electron chi connectivity index (χ2n) is 8.21. The van der Waals surface area contributed by atoms with Gasteiger partial charge in [-0.2, -0.15) is 0 Å². The van der Waals surface area contributed by atoms with Gasteiger partial charge in [0, 0.05) is 16.9 Å². The van der Waals surface area contributed by atoms with Crippen molar-refractivity contribution in [2.75, 3.05) is 0 Å². The molecule has 0 bridgehead atoms. The number of aryl methyl sites for hydroxylation is 2. The van der Waals surface area contributed by atoms with Crippen LogP contribution in [0.5, 0.6) is 0 Å². The summed E-state index contributed by atoms with van der Waals surface area (Å²) in [5, 5.41) is 0. The Hall–Kier alpha value is -2.82. The maximum absolute atomic E-state index is 3.83. The molecule has 0 aromatic heterocycles. The van der Waals surface area contributed by atoms with Crippen LogP contribution in [0.2, 0.25) is 0 Å². The molecule has 1 aliphatic rings. The molecule has 0 heteroatoms. The summed E-state index contributed by atoms with van der Waals surface area (Å²) in [5.41, 5.74) is 13.0. The van der Waals surface area contributed by atoms with E-state index in [0.29, 0.717) is 5.92 Å². The van der Waals surface area contributed by atoms with E-state index in [4.69, 9.17) is 0 Å². The van der Waals surface area contributed by atoms with Gasteiger partial charge in [-0.3, -0.25) is 0 Å². The van der Waals surface area contributed by atoms with Crippen LogP contribution in [0.4, 0.5) is 0 Å². The molecule has 3 aromatic carbocycles. The van der Waals surface area contributed by atoms with Gasteiger partial charge in [0.1, 0.15) is 0 Å². The lowest BCUT2D eigenvalue weighted by Crippen LogP contribution is -1.89. The fourth-order valence-corrected chi connectivity index (χ4v) is 3.90. The Kier molecular flexibility index (Phi) is 4.38. The highest BCUT2D eigenvalue weighted by Crippen LogP contribution is 2.63. The van der Waals surface area contributed by atoms with E-state index < -0.39 is 0 Å². The van der Waals surface area contributed by atoms with Crippen LogP contribution in [-0.2, 0) is 0 Å². The number of hydrogen-bond acceptors (Lipinski definition) is 0. The van der Waals surface area contributed by atoms with Gasteiger partial charge in [0.05, 0.1) is 0 Å². The van der Waals surface area contributed by atoms with E-state index in [1.165, 1.54) is 39.0 Å². The molecule has 1 saturated carbocycles. The molecule has 0 spiro atoms. The first-order valence-corrected chi connectivity index (χ1v) is 9.67. The van der Waals surface area contributed by atoms with E-state index in [2.05, 4.69) is 112 Å². The van der Waals surface area contributed by atoms with Crippen molar-refractivity contribution in [3.05, 3.63) is 118 Å². The number of allylic oxidation sites excluding steroid dienone is 1. The summed E-state index contributed by atoms with van der Waals surface area (Å²) >= 11 is 0. The third kappa shape index (κ3) is 3.42. The van der Waals surface area contributed by atoms with Crippen molar-refractivity contribution >= 4 is 5.57 Å². The monoisotopic (exact) mass is 350 g/mol. The summed E-state index contributed by atoms with van der Waals surface area (Å²) in [5.74, 6) is 0.449. The Bertz CT molecular complexity index is 962. The quantitative estimate of drug-likeness (QED) is 0.443. The van der Waals surface area contributed by atoms with Crippen molar-refractivity contribution in [1.82, 2.24) is 0 Å². The molecule has 1 atom stereocenters. The zero-order chi connectivity index (χ0) is 19.0. The fourth-order valence-electron chi connectivity index (χ4n) is 3.90. The van der Waals surface area contributed by atoms with Crippen molar-refractivity contribution in [2.24, 2.45) is 5.41 Å². The first-order valence-electron chi connectivity index (χ1n) is 9.67. The molecule has 3 aromatic rings. The molecule has 0 saturated heterocycles. The van der Waals surface area contributed by atoms with E-state index in [1.54, 1.807) is 0 Å². The molecule has 0 N–H and O–H groups in total. The second-order valence-corrected chi connectivity index (χ2v) is 8.21. The molecule has 1 unspecified atom stereocenters. The predicted molar refractivity (Wildman–Crippen MR) is 115 cm³/mol. The minimum atomic E-state index is 0.155. The summed E-state index contributed by atoms with van der Waals surface area (Å²) in [6.45, 7) is 8.92. The SMILES string of the molecule is Cc1ccc(C(=C=C2C(c3ccccc3)C2(C)C)c2ccc(C)cc2)cc1. The molecule has 0 amide bonds. The summed E-state index contributed by atoms with van der Waals surface area (Å²) < 4.78 is 0. The molecule has 134 valence electrons. The molecule has 1 aliphatic carbocycles. The number of benzene rings is 3. The van der Waals surface area contributed by atoms with Gasteiger partial charge in [0.15, 0.2) is 0 Å². The van der Waals surface area contributed by atoms with Crippen LogP contribution >= 0.6 is 0 Å². The predicted octanol–water partition coefficient (Wildman–Crippen LogP) is 7.08. The molecule has 1 fully saturated rings. The lowest BCUT2D eigenvalue weighted by atomic mass is 9.96. The van der Waals surface area contributed by atoms with Crippen molar-refractivity contribution < 1.29 is 0 Å². The maximum atomic E-state index is 3.83. The van der Waals surface area contributed by atoms with Gasteiger partial charge in [-0.25, -0.2) is 0 Å². The molecular formula is C27H26. The number of rotatable bonds is 3. The summed E-state index contributed by atoms with van der Waals surface area (Å²) in [6.07, 6.45) is 0. The largest absolute Gasteiger partial charge is 0.111 e. The van der Waals surface area contributed by atoms with Crippen molar-refractivity contribution in [3.63, 3.8) is 0 Å². The van der Waals surface area contributed by atoms with Crippen molar-refractivity contribution in [2.45, 2.75) is 33.6 Å². The van der Waals surface area contributed by atoms with Crippen molar-refractivity contribution in [3.8, 4) is 0 Å². The van der Waals surface area contributed by atoms with E-state index in [1.807, 2.05) is 0 Å². The number of hydrogen-bond donors (Lipinski definition) is 0. The third-order valence-corrected chi connectivity index (χ3v) is 5.69. The maximum Gasteiger partial charge on any atom is 0.0309 e. The van der Waals surface area contributed by atoms with Gasteiger partial charge in [0.2, 0.25) is 0 Å². The lowest BCUT2D eigenvalue weighted by Gasteiger charge is -2.07. The minimum Gasteiger partial charge on any atom is -0.111 e. The Morgan fingerprint density at radius 1 is 0.704 bits per heavy atom. The van der Waals surface area contributed by atoms with Gasteiger partial charge in [0.25, 0.3) is 0 Å². The standard InChI is InChI=1S/C27H26/c1-19-10-14-21(15-11-19)24(22-16-12-20(2)13-17-22)18-25-26(27(25,3)4)23-8-6-5-7-9-23/h5-17,26H,1-4H3. The molecule has 0 nitrogen and oxygen atoms in total. The first kappa shape index (κ1) is 17.6. The molecule has 0 aliphatic heterocycles. The van der Waals surface area contributed by atoms with Crippen LogP contribution in [-0.4, -0.2) is 0 Å². The van der Waals surface area contributed by atoms with E-state index in [0.717, 1.165) is 0 Å². The van der Waals surface area contributed by atoms with E-state index >= 15 is 0 Å². The molecule has 27 heavy (non-hydrogen) atoms. The van der Waals surface area contributed by atoms with Crippen molar-refractivity contribution in [1.29, 1.82) is 0 Å². The van der Waals surface area contributed by atoms with Crippen LogP contribution in [0.1, 0.15) is 47.6 Å². The fraction of sp³-hybridized carbons (Fsp3) is 0.222. The average Bonchev–Trinajstić information content (AvgIpc) is 3.22. The Morgan fingerprint density at radius 3 is 1.67 bits per heavy atom. The Morgan fingerprint density at radius 2 is 1.19 bits per heavy atom. The normalized spacial score (nSPS) is 17.3. The zero-order valence-electron chi connectivity index (χ0n) is 16.6. The molecule has 4 rings (SSSR count). The summed E-state index contributed by atoms with van der Waals surface area (Å²) in [6, 6.07) is 28.4. The van der Waals surface area contributed by atoms with Crippen LogP contribution in [0.15, 0.2) is 90.2 Å². The van der Waals surface area contributed by atoms with Crippen LogP contribution < -0.4 is 0 Å². The van der Waals surface area contributed by atoms with Crippen LogP contribution in [0.25, 0.3) is 5.57 Å². The highest BCUT2D eigenvalue weighted by Gasteiger charge is 2.53. The van der Waals surface area contributed by atoms with E-state index in [9.17, 15) is 0 Å². The average molecular weight is 351 g/mol. The topological polar surface area (TPSA) is 0 Å². The van der Waals surface area contributed by atoms with Gasteiger partial charge in [-0.1, -0.05) is 104 Å². The van der Waals surface area contributed by atoms with Crippen LogP contribution in [0, 0.1) is 19.3 Å². The lowest BCUT2D eigenvalue weighted by molar-refractivity contribution is 0.642. The first-order chi connectivity index (χ1) is 13.0. The van der Waals surface area contributed by atoms with Gasteiger partial charge in [-0.15, -0.1) is 5.73 Å². The zero-order valence-corrected chi connectivity index (χ0v) is 16.6. The highest BCUT2D eigenvalue weighted by molar-refractivity contribution is 5.80. The third-order valence-electron chi connectivity index (χ3n) is 5.69. The Labute approximate surface area is 162 Å². The van der Waals surface area contributed by atoms with Gasteiger partial charge < -0.3 is 0 Å². The van der Waals surface area contributed by atoms with Gasteiger partial charge in [-0.05, 0) is 36.1 Å². The molecule has 0 heterocycles. The highest BCUT2D eigenvalue weighted by atomic mass is 14.5. The molecule has 0 radical (unpaired) electrons. The summed E-state index contributed by atoms with van der Waals surface area (Å²) in [4.78, 5) is 0. The Balaban J connectivity index is 1.89. The minimum absolute atomic E-state index is 0.155. The van der Waals surface area contributed by atoms with E-state index in [-0.39, 0.29) is 5.41 Å². The smallest absolute Gasteiger partial charge is 0.0309 e. The second kappa shape index (κ2) is 6.72. The van der Waals surface area contributed by atoms with Crippen LogP contribution in [0.3, 0.4) is 0 Å². The van der Waals surface area contributed by atoms with Gasteiger partial charge >= 0.3 is 0 Å². The summed E-state index contributed by atoms with van der Waals surface area (Å²) in [7, 11) is 0. The molecular weight excluding hydrogens is 324 g/mol.